The zero-order chi connectivity index (χ0) is 15.2. The molecule has 0 fully saturated rings. The second-order valence-electron chi connectivity index (χ2n) is 4.48. The zero-order valence-corrected chi connectivity index (χ0v) is 12.3. The molecule has 1 aliphatic heterocycles. The Morgan fingerprint density at radius 2 is 1.90 bits per heavy atom. The average molecular weight is 293 g/mol. The number of ether oxygens (including phenoxy) is 3. The van der Waals surface area contributed by atoms with Crippen molar-refractivity contribution >= 4 is 11.9 Å². The minimum absolute atomic E-state index is 0.0579. The number of hydrogen-bond acceptors (Lipinski definition) is 5. The number of rotatable bonds is 5. The van der Waals surface area contributed by atoms with Crippen molar-refractivity contribution in [2.75, 3.05) is 32.9 Å². The van der Waals surface area contributed by atoms with E-state index in [-0.39, 0.29) is 12.5 Å². The van der Waals surface area contributed by atoms with Crippen molar-refractivity contribution in [3.8, 4) is 11.5 Å². The van der Waals surface area contributed by atoms with Gasteiger partial charge in [-0.1, -0.05) is 0 Å². The number of esters is 1. The Hall–Kier alpha value is -2.24. The molecule has 0 saturated heterocycles. The fourth-order valence-corrected chi connectivity index (χ4v) is 2.05. The second-order valence-corrected chi connectivity index (χ2v) is 4.48. The maximum absolute atomic E-state index is 12.4. The minimum Gasteiger partial charge on any atom is -0.486 e. The first-order valence-electron chi connectivity index (χ1n) is 7.00. The summed E-state index contributed by atoms with van der Waals surface area (Å²) in [7, 11) is 0. The highest BCUT2D eigenvalue weighted by molar-refractivity contribution is 5.96. The van der Waals surface area contributed by atoms with Gasteiger partial charge in [0, 0.05) is 12.1 Å². The number of nitrogens with zero attached hydrogens (tertiary/aromatic N) is 1. The van der Waals surface area contributed by atoms with Crippen molar-refractivity contribution in [3.63, 3.8) is 0 Å². The van der Waals surface area contributed by atoms with Crippen LogP contribution in [0.25, 0.3) is 0 Å². The van der Waals surface area contributed by atoms with Gasteiger partial charge in [-0.2, -0.15) is 0 Å². The van der Waals surface area contributed by atoms with Crippen LogP contribution in [0.2, 0.25) is 0 Å². The molecular formula is C15H19NO5. The van der Waals surface area contributed by atoms with Gasteiger partial charge in [0.2, 0.25) is 0 Å². The molecule has 0 aromatic heterocycles. The maximum Gasteiger partial charge on any atom is 0.325 e. The van der Waals surface area contributed by atoms with Gasteiger partial charge in [-0.15, -0.1) is 0 Å². The second kappa shape index (κ2) is 6.97. The lowest BCUT2D eigenvalue weighted by atomic mass is 10.1. The Balaban J connectivity index is 2.11. The van der Waals surface area contributed by atoms with Crippen LogP contribution in [0, 0.1) is 0 Å². The number of fused-ring (bicyclic) bond motifs is 1. The van der Waals surface area contributed by atoms with Crippen LogP contribution in [0.4, 0.5) is 0 Å². The molecule has 0 N–H and O–H groups in total. The van der Waals surface area contributed by atoms with Gasteiger partial charge in [-0.25, -0.2) is 0 Å². The summed E-state index contributed by atoms with van der Waals surface area (Å²) in [5.41, 5.74) is 0.463. The quantitative estimate of drug-likeness (QED) is 0.769. The molecule has 1 heterocycles. The van der Waals surface area contributed by atoms with Gasteiger partial charge in [0.1, 0.15) is 19.8 Å². The maximum atomic E-state index is 12.4. The number of hydrogen-bond donors (Lipinski definition) is 0. The molecule has 0 bridgehead atoms. The van der Waals surface area contributed by atoms with Crippen LogP contribution in [0.5, 0.6) is 11.5 Å². The van der Waals surface area contributed by atoms with Crippen LogP contribution in [-0.4, -0.2) is 49.7 Å². The molecule has 0 radical (unpaired) electrons. The van der Waals surface area contributed by atoms with Gasteiger partial charge < -0.3 is 19.1 Å². The van der Waals surface area contributed by atoms with Crippen molar-refractivity contribution in [3.05, 3.63) is 23.8 Å². The standard InChI is InChI=1S/C15H19NO5/c1-3-16(10-14(17)19-4-2)15(18)11-5-6-12-13(9-11)21-8-7-20-12/h5-6,9H,3-4,7-8,10H2,1-2H3. The van der Waals surface area contributed by atoms with E-state index < -0.39 is 5.97 Å². The predicted molar refractivity (Wildman–Crippen MR) is 75.6 cm³/mol. The third-order valence-electron chi connectivity index (χ3n) is 3.08. The van der Waals surface area contributed by atoms with Crippen LogP contribution in [0.1, 0.15) is 24.2 Å². The third-order valence-corrected chi connectivity index (χ3v) is 3.08. The van der Waals surface area contributed by atoms with Crippen molar-refractivity contribution in [2.45, 2.75) is 13.8 Å². The van der Waals surface area contributed by atoms with E-state index in [9.17, 15) is 9.59 Å². The highest BCUT2D eigenvalue weighted by Crippen LogP contribution is 2.31. The lowest BCUT2D eigenvalue weighted by molar-refractivity contribution is -0.143. The van der Waals surface area contributed by atoms with E-state index in [0.29, 0.717) is 43.4 Å². The molecule has 1 aromatic carbocycles. The SMILES string of the molecule is CCOC(=O)CN(CC)C(=O)c1ccc2c(c1)OCCO2. The molecule has 6 nitrogen and oxygen atoms in total. The fourth-order valence-electron chi connectivity index (χ4n) is 2.05. The van der Waals surface area contributed by atoms with Crippen LogP contribution < -0.4 is 9.47 Å². The summed E-state index contributed by atoms with van der Waals surface area (Å²) in [6.07, 6.45) is 0. The molecule has 0 atom stereocenters. The summed E-state index contributed by atoms with van der Waals surface area (Å²) in [5.74, 6) is 0.540. The van der Waals surface area contributed by atoms with Gasteiger partial charge in [0.05, 0.1) is 6.61 Å². The number of carbonyl (C=O) groups excluding carboxylic acids is 2. The first kappa shape index (κ1) is 15.2. The third kappa shape index (κ3) is 3.65. The predicted octanol–water partition coefficient (Wildman–Crippen LogP) is 1.48. The van der Waals surface area contributed by atoms with Crippen LogP contribution in [-0.2, 0) is 9.53 Å². The van der Waals surface area contributed by atoms with E-state index in [2.05, 4.69) is 0 Å². The summed E-state index contributed by atoms with van der Waals surface area (Å²) < 4.78 is 15.8. The van der Waals surface area contributed by atoms with Crippen LogP contribution >= 0.6 is 0 Å². The molecule has 114 valence electrons. The van der Waals surface area contributed by atoms with Gasteiger partial charge in [-0.05, 0) is 32.0 Å². The van der Waals surface area contributed by atoms with Crippen molar-refractivity contribution in [1.82, 2.24) is 4.90 Å². The lowest BCUT2D eigenvalue weighted by Gasteiger charge is -2.22. The summed E-state index contributed by atoms with van der Waals surface area (Å²) in [6, 6.07) is 5.02. The number of benzene rings is 1. The summed E-state index contributed by atoms with van der Waals surface area (Å²) >= 11 is 0. The van der Waals surface area contributed by atoms with Gasteiger partial charge >= 0.3 is 5.97 Å². The Kier molecular flexibility index (Phi) is 5.03. The van der Waals surface area contributed by atoms with Crippen molar-refractivity contribution in [2.24, 2.45) is 0 Å². The Labute approximate surface area is 123 Å². The van der Waals surface area contributed by atoms with Gasteiger partial charge in [0.15, 0.2) is 11.5 Å². The first-order chi connectivity index (χ1) is 10.2. The molecule has 0 spiro atoms. The van der Waals surface area contributed by atoms with Crippen molar-refractivity contribution < 1.29 is 23.8 Å². The van der Waals surface area contributed by atoms with E-state index in [1.165, 1.54) is 4.90 Å². The van der Waals surface area contributed by atoms with E-state index in [1.54, 1.807) is 25.1 Å². The monoisotopic (exact) mass is 293 g/mol. The van der Waals surface area contributed by atoms with Crippen LogP contribution in [0.3, 0.4) is 0 Å². The Morgan fingerprint density at radius 1 is 1.19 bits per heavy atom. The molecular weight excluding hydrogens is 274 g/mol. The molecule has 1 aliphatic rings. The lowest BCUT2D eigenvalue weighted by Crippen LogP contribution is -2.36. The van der Waals surface area contributed by atoms with Crippen LogP contribution in [0.15, 0.2) is 18.2 Å². The Bertz CT molecular complexity index is 529. The average Bonchev–Trinajstić information content (AvgIpc) is 2.51. The molecule has 21 heavy (non-hydrogen) atoms. The van der Waals surface area contributed by atoms with E-state index in [0.717, 1.165) is 0 Å². The Morgan fingerprint density at radius 3 is 2.57 bits per heavy atom. The summed E-state index contributed by atoms with van der Waals surface area (Å²) in [5, 5.41) is 0. The molecule has 6 heteroatoms. The molecule has 0 saturated carbocycles. The van der Waals surface area contributed by atoms with E-state index in [4.69, 9.17) is 14.2 Å². The minimum atomic E-state index is -0.412. The first-order valence-corrected chi connectivity index (χ1v) is 7.00. The normalized spacial score (nSPS) is 12.7. The molecule has 0 aliphatic carbocycles. The van der Waals surface area contributed by atoms with Gasteiger partial charge in [-0.3, -0.25) is 9.59 Å². The van der Waals surface area contributed by atoms with Crippen molar-refractivity contribution in [1.29, 1.82) is 0 Å². The summed E-state index contributed by atoms with van der Waals surface area (Å²) in [4.78, 5) is 25.4. The highest BCUT2D eigenvalue weighted by atomic mass is 16.6. The molecule has 1 aromatic rings. The zero-order valence-electron chi connectivity index (χ0n) is 12.3. The summed E-state index contributed by atoms with van der Waals surface area (Å²) in [6.45, 7) is 5.18. The molecule has 2 rings (SSSR count). The molecule has 1 amide bonds. The highest BCUT2D eigenvalue weighted by Gasteiger charge is 2.20. The van der Waals surface area contributed by atoms with Gasteiger partial charge in [0.25, 0.3) is 5.91 Å². The number of amides is 1. The largest absolute Gasteiger partial charge is 0.486 e. The van der Waals surface area contributed by atoms with E-state index >= 15 is 0 Å². The number of likely N-dealkylation sites (N-methyl/N-ethyl adjacent to an activating group) is 1. The fraction of sp³-hybridized carbons (Fsp3) is 0.467. The smallest absolute Gasteiger partial charge is 0.325 e. The number of carbonyl (C=O) groups is 2. The molecule has 0 unspecified atom stereocenters. The topological polar surface area (TPSA) is 65.1 Å². The van der Waals surface area contributed by atoms with E-state index in [1.807, 2.05) is 6.92 Å².